The van der Waals surface area contributed by atoms with Gasteiger partial charge < -0.3 is 10.5 Å². The Kier molecular flexibility index (Phi) is 1.85. The molecule has 0 aromatic carbocycles. The molecule has 0 aliphatic carbocycles. The molecule has 2 aromatic heterocycles. The Balaban J connectivity index is 2.75. The van der Waals surface area contributed by atoms with E-state index in [0.717, 1.165) is 5.52 Å². The van der Waals surface area contributed by atoms with Crippen molar-refractivity contribution in [3.05, 3.63) is 30.1 Å². The SMILES string of the molecule is COC(=O)c1cccc2cnc(N)n12. The number of nitrogen functional groups attached to an aromatic ring is 1. The summed E-state index contributed by atoms with van der Waals surface area (Å²) in [6.07, 6.45) is 1.60. The van der Waals surface area contributed by atoms with Crippen LogP contribution in [0.4, 0.5) is 5.95 Å². The number of hydrogen-bond donors (Lipinski definition) is 1. The summed E-state index contributed by atoms with van der Waals surface area (Å²) in [5.74, 6) is -0.152. The highest BCUT2D eigenvalue weighted by Gasteiger charge is 2.11. The molecule has 0 saturated heterocycles. The molecule has 0 radical (unpaired) electrons. The van der Waals surface area contributed by atoms with E-state index in [-0.39, 0.29) is 5.95 Å². The minimum atomic E-state index is -0.430. The first-order valence-corrected chi connectivity index (χ1v) is 4.04. The van der Waals surface area contributed by atoms with E-state index in [1.54, 1.807) is 22.7 Å². The van der Waals surface area contributed by atoms with E-state index < -0.39 is 5.97 Å². The number of carbonyl (C=O) groups excluding carboxylic acids is 1. The molecular weight excluding hydrogens is 182 g/mol. The summed E-state index contributed by atoms with van der Waals surface area (Å²) in [5, 5.41) is 0. The Bertz CT molecular complexity index is 490. The van der Waals surface area contributed by atoms with E-state index >= 15 is 0 Å². The normalized spacial score (nSPS) is 10.4. The van der Waals surface area contributed by atoms with Gasteiger partial charge in [-0.3, -0.25) is 4.40 Å². The zero-order chi connectivity index (χ0) is 10.1. The fourth-order valence-electron chi connectivity index (χ4n) is 1.34. The molecule has 0 spiro atoms. The summed E-state index contributed by atoms with van der Waals surface area (Å²) < 4.78 is 6.17. The van der Waals surface area contributed by atoms with Gasteiger partial charge in [0.1, 0.15) is 5.69 Å². The van der Waals surface area contributed by atoms with Crippen LogP contribution in [0.15, 0.2) is 24.4 Å². The Morgan fingerprint density at radius 2 is 2.36 bits per heavy atom. The number of methoxy groups -OCH3 is 1. The number of esters is 1. The highest BCUT2D eigenvalue weighted by atomic mass is 16.5. The second-order valence-electron chi connectivity index (χ2n) is 2.78. The Morgan fingerprint density at radius 1 is 1.57 bits per heavy atom. The van der Waals surface area contributed by atoms with Gasteiger partial charge in [0, 0.05) is 0 Å². The molecule has 5 heteroatoms. The molecule has 0 amide bonds. The molecule has 0 unspecified atom stereocenters. The van der Waals surface area contributed by atoms with E-state index in [2.05, 4.69) is 9.72 Å². The number of fused-ring (bicyclic) bond motifs is 1. The highest BCUT2D eigenvalue weighted by Crippen LogP contribution is 2.12. The monoisotopic (exact) mass is 191 g/mol. The van der Waals surface area contributed by atoms with Crippen LogP contribution in [-0.4, -0.2) is 22.5 Å². The molecule has 0 saturated carbocycles. The van der Waals surface area contributed by atoms with Gasteiger partial charge in [-0.25, -0.2) is 9.78 Å². The average molecular weight is 191 g/mol. The third-order valence-electron chi connectivity index (χ3n) is 1.97. The van der Waals surface area contributed by atoms with Gasteiger partial charge in [0.15, 0.2) is 0 Å². The second-order valence-corrected chi connectivity index (χ2v) is 2.78. The summed E-state index contributed by atoms with van der Waals surface area (Å²) in [6, 6.07) is 5.20. The molecule has 72 valence electrons. The molecule has 2 N–H and O–H groups in total. The molecule has 5 nitrogen and oxygen atoms in total. The number of hydrogen-bond acceptors (Lipinski definition) is 4. The number of anilines is 1. The highest BCUT2D eigenvalue weighted by molar-refractivity contribution is 5.89. The van der Waals surface area contributed by atoms with Gasteiger partial charge in [-0.1, -0.05) is 6.07 Å². The lowest BCUT2D eigenvalue weighted by atomic mass is 10.3. The van der Waals surface area contributed by atoms with Crippen molar-refractivity contribution in [2.45, 2.75) is 0 Å². The summed E-state index contributed by atoms with van der Waals surface area (Å²) >= 11 is 0. The maximum atomic E-state index is 11.4. The minimum absolute atomic E-state index is 0.279. The number of nitrogens with two attached hydrogens (primary N) is 1. The zero-order valence-electron chi connectivity index (χ0n) is 7.60. The second kappa shape index (κ2) is 3.02. The van der Waals surface area contributed by atoms with Crippen molar-refractivity contribution in [1.82, 2.24) is 9.38 Å². The zero-order valence-corrected chi connectivity index (χ0v) is 7.60. The summed E-state index contributed by atoms with van der Waals surface area (Å²) in [6.45, 7) is 0. The topological polar surface area (TPSA) is 69.6 Å². The van der Waals surface area contributed by atoms with Crippen molar-refractivity contribution in [2.24, 2.45) is 0 Å². The van der Waals surface area contributed by atoms with Crippen LogP contribution < -0.4 is 5.73 Å². The van der Waals surface area contributed by atoms with E-state index in [9.17, 15) is 4.79 Å². The van der Waals surface area contributed by atoms with Crippen molar-refractivity contribution >= 4 is 17.4 Å². The van der Waals surface area contributed by atoms with E-state index in [0.29, 0.717) is 5.69 Å². The maximum absolute atomic E-state index is 11.4. The summed E-state index contributed by atoms with van der Waals surface area (Å²) in [4.78, 5) is 15.3. The molecule has 2 aromatic rings. The van der Waals surface area contributed by atoms with Crippen molar-refractivity contribution in [2.75, 3.05) is 12.8 Å². The van der Waals surface area contributed by atoms with Crippen LogP contribution in [0.2, 0.25) is 0 Å². The molecule has 2 rings (SSSR count). The molecule has 2 heterocycles. The first-order valence-electron chi connectivity index (χ1n) is 4.04. The Hall–Kier alpha value is -2.04. The number of rotatable bonds is 1. The maximum Gasteiger partial charge on any atom is 0.355 e. The average Bonchev–Trinajstić information content (AvgIpc) is 2.59. The van der Waals surface area contributed by atoms with Gasteiger partial charge in [-0.2, -0.15) is 0 Å². The lowest BCUT2D eigenvalue weighted by molar-refractivity contribution is 0.0592. The predicted molar refractivity (Wildman–Crippen MR) is 50.9 cm³/mol. The molecule has 14 heavy (non-hydrogen) atoms. The number of carbonyl (C=O) groups is 1. The third-order valence-corrected chi connectivity index (χ3v) is 1.97. The predicted octanol–water partition coefficient (Wildman–Crippen LogP) is 0.703. The molecule has 0 aliphatic heterocycles. The molecule has 0 fully saturated rings. The van der Waals surface area contributed by atoms with Gasteiger partial charge in [-0.15, -0.1) is 0 Å². The Labute approximate surface area is 80.1 Å². The largest absolute Gasteiger partial charge is 0.464 e. The smallest absolute Gasteiger partial charge is 0.355 e. The van der Waals surface area contributed by atoms with Gasteiger partial charge in [0.2, 0.25) is 5.95 Å². The first kappa shape index (κ1) is 8.55. The number of pyridine rings is 1. The van der Waals surface area contributed by atoms with Gasteiger partial charge in [0.25, 0.3) is 0 Å². The molecule has 0 atom stereocenters. The Morgan fingerprint density at radius 3 is 3.07 bits per heavy atom. The number of aromatic nitrogens is 2. The van der Waals surface area contributed by atoms with Crippen LogP contribution in [0.25, 0.3) is 5.52 Å². The molecule has 0 aliphatic rings. The molecule has 0 bridgehead atoms. The van der Waals surface area contributed by atoms with Gasteiger partial charge in [0.05, 0.1) is 18.8 Å². The van der Waals surface area contributed by atoms with Crippen LogP contribution in [-0.2, 0) is 4.74 Å². The standard InChI is InChI=1S/C9H9N3O2/c1-14-8(13)7-4-2-3-6-5-11-9(10)12(6)7/h2-5H,1H3,(H2,10,11). The van der Waals surface area contributed by atoms with Crippen molar-refractivity contribution in [3.8, 4) is 0 Å². The number of ether oxygens (including phenoxy) is 1. The summed E-state index contributed by atoms with van der Waals surface area (Å²) in [5.41, 5.74) is 6.76. The number of nitrogens with zero attached hydrogens (tertiary/aromatic N) is 2. The molecular formula is C9H9N3O2. The van der Waals surface area contributed by atoms with Gasteiger partial charge >= 0.3 is 5.97 Å². The third kappa shape index (κ3) is 1.10. The van der Waals surface area contributed by atoms with Crippen molar-refractivity contribution in [3.63, 3.8) is 0 Å². The minimum Gasteiger partial charge on any atom is -0.464 e. The first-order chi connectivity index (χ1) is 6.74. The van der Waals surface area contributed by atoms with Crippen LogP contribution in [0.5, 0.6) is 0 Å². The van der Waals surface area contributed by atoms with Crippen molar-refractivity contribution in [1.29, 1.82) is 0 Å². The van der Waals surface area contributed by atoms with Crippen LogP contribution in [0.1, 0.15) is 10.5 Å². The fourth-order valence-corrected chi connectivity index (χ4v) is 1.34. The summed E-state index contributed by atoms with van der Waals surface area (Å²) in [7, 11) is 1.33. The van der Waals surface area contributed by atoms with Crippen LogP contribution in [0.3, 0.4) is 0 Å². The van der Waals surface area contributed by atoms with Crippen molar-refractivity contribution < 1.29 is 9.53 Å². The quantitative estimate of drug-likeness (QED) is 0.674. The lowest BCUT2D eigenvalue weighted by Gasteiger charge is -2.03. The van der Waals surface area contributed by atoms with E-state index in [4.69, 9.17) is 5.73 Å². The number of imidazole rings is 1. The van der Waals surface area contributed by atoms with E-state index in [1.165, 1.54) is 7.11 Å². The van der Waals surface area contributed by atoms with Crippen LogP contribution >= 0.6 is 0 Å². The van der Waals surface area contributed by atoms with Gasteiger partial charge in [-0.05, 0) is 12.1 Å². The lowest BCUT2D eigenvalue weighted by Crippen LogP contribution is -2.09. The van der Waals surface area contributed by atoms with E-state index in [1.807, 2.05) is 6.07 Å². The fraction of sp³-hybridized carbons (Fsp3) is 0.111. The van der Waals surface area contributed by atoms with Crippen LogP contribution in [0, 0.1) is 0 Å².